The third-order valence-electron chi connectivity index (χ3n) is 4.57. The van der Waals surface area contributed by atoms with Gasteiger partial charge >= 0.3 is 5.97 Å². The highest BCUT2D eigenvalue weighted by molar-refractivity contribution is 6.31. The second-order valence-corrected chi connectivity index (χ2v) is 7.12. The zero-order valence-corrected chi connectivity index (χ0v) is 17.3. The average Bonchev–Trinajstić information content (AvgIpc) is 3.10. The van der Waals surface area contributed by atoms with E-state index in [1.165, 1.54) is 0 Å². The number of nitrogen functional groups attached to an aromatic ring is 1. The van der Waals surface area contributed by atoms with E-state index < -0.39 is 5.97 Å². The van der Waals surface area contributed by atoms with Crippen LogP contribution in [0.25, 0.3) is 22.2 Å². The van der Waals surface area contributed by atoms with Gasteiger partial charge in [-0.15, -0.1) is 0 Å². The number of halogens is 1. The smallest absolute Gasteiger partial charge is 0.376 e. The van der Waals surface area contributed by atoms with Gasteiger partial charge in [0.2, 0.25) is 5.76 Å². The third-order valence-corrected chi connectivity index (χ3v) is 4.80. The van der Waals surface area contributed by atoms with Crippen LogP contribution in [0, 0.1) is 0 Å². The summed E-state index contributed by atoms with van der Waals surface area (Å²) >= 11 is 5.97. The lowest BCUT2D eigenvalue weighted by Crippen LogP contribution is -2.11. The Morgan fingerprint density at radius 1 is 1.13 bits per heavy atom. The first kappa shape index (κ1) is 20.4. The predicted molar refractivity (Wildman–Crippen MR) is 119 cm³/mol. The molecule has 0 aliphatic heterocycles. The molecule has 2 heterocycles. The van der Waals surface area contributed by atoms with Crippen molar-refractivity contribution in [2.45, 2.75) is 6.92 Å². The fourth-order valence-electron chi connectivity index (χ4n) is 3.11. The molecule has 1 amide bonds. The van der Waals surface area contributed by atoms with Crippen LogP contribution in [0.4, 0.5) is 11.4 Å². The standard InChI is InChI=1S/C23H18ClN3O4/c1-2-30-23(29)21-19(25)20-18(31-21)10-15(12-26-20)13-5-3-6-14(9-13)22(28)27-17-8-4-7-16(24)11-17/h3-12H,2,25H2,1H3,(H,27,28). The predicted octanol–water partition coefficient (Wildman–Crippen LogP) is 5.16. The Morgan fingerprint density at radius 2 is 1.94 bits per heavy atom. The maximum atomic E-state index is 12.6. The van der Waals surface area contributed by atoms with Gasteiger partial charge in [-0.3, -0.25) is 4.79 Å². The summed E-state index contributed by atoms with van der Waals surface area (Å²) in [6.45, 7) is 1.90. The number of pyridine rings is 1. The van der Waals surface area contributed by atoms with Gasteiger partial charge in [0.25, 0.3) is 5.91 Å². The van der Waals surface area contributed by atoms with Crippen molar-refractivity contribution in [2.75, 3.05) is 17.7 Å². The van der Waals surface area contributed by atoms with Gasteiger partial charge in [0, 0.05) is 28.0 Å². The van der Waals surface area contributed by atoms with Crippen LogP contribution in [0.3, 0.4) is 0 Å². The van der Waals surface area contributed by atoms with Crippen molar-refractivity contribution in [2.24, 2.45) is 0 Å². The minimum atomic E-state index is -0.640. The highest BCUT2D eigenvalue weighted by atomic mass is 35.5. The number of ether oxygens (including phenoxy) is 1. The lowest BCUT2D eigenvalue weighted by atomic mass is 10.0. The molecule has 0 aliphatic carbocycles. The Hall–Kier alpha value is -3.84. The fraction of sp³-hybridized carbons (Fsp3) is 0.0870. The zero-order chi connectivity index (χ0) is 22.0. The Kier molecular flexibility index (Phi) is 5.60. The first-order chi connectivity index (χ1) is 15.0. The van der Waals surface area contributed by atoms with E-state index >= 15 is 0 Å². The maximum absolute atomic E-state index is 12.6. The first-order valence-electron chi connectivity index (χ1n) is 9.48. The minimum Gasteiger partial charge on any atom is -0.460 e. The molecule has 8 heteroatoms. The Balaban J connectivity index is 1.64. The van der Waals surface area contributed by atoms with Crippen molar-refractivity contribution in [1.82, 2.24) is 4.98 Å². The molecule has 7 nitrogen and oxygen atoms in total. The zero-order valence-electron chi connectivity index (χ0n) is 16.5. The van der Waals surface area contributed by atoms with Gasteiger partial charge in [-0.25, -0.2) is 9.78 Å². The van der Waals surface area contributed by atoms with Crippen LogP contribution in [-0.2, 0) is 4.74 Å². The molecule has 0 aliphatic rings. The number of carbonyl (C=O) groups is 2. The molecule has 0 saturated carbocycles. The van der Waals surface area contributed by atoms with E-state index in [2.05, 4.69) is 10.3 Å². The Bertz CT molecular complexity index is 1300. The summed E-state index contributed by atoms with van der Waals surface area (Å²) in [5.74, 6) is -0.986. The summed E-state index contributed by atoms with van der Waals surface area (Å²) < 4.78 is 10.5. The summed E-state index contributed by atoms with van der Waals surface area (Å²) in [5, 5.41) is 3.35. The highest BCUT2D eigenvalue weighted by Crippen LogP contribution is 2.31. The molecule has 4 aromatic rings. The van der Waals surface area contributed by atoms with Crippen LogP contribution in [0.1, 0.15) is 27.8 Å². The number of nitrogens with one attached hydrogen (secondary N) is 1. The van der Waals surface area contributed by atoms with Gasteiger partial charge in [-0.1, -0.05) is 29.8 Å². The van der Waals surface area contributed by atoms with Crippen molar-refractivity contribution in [3.63, 3.8) is 0 Å². The first-order valence-corrected chi connectivity index (χ1v) is 9.86. The van der Waals surface area contributed by atoms with E-state index in [4.69, 9.17) is 26.5 Å². The number of amides is 1. The minimum absolute atomic E-state index is 0.0730. The molecule has 4 rings (SSSR count). The van der Waals surface area contributed by atoms with Gasteiger partial charge in [0.1, 0.15) is 11.2 Å². The largest absolute Gasteiger partial charge is 0.460 e. The molecule has 156 valence electrons. The number of furan rings is 1. The van der Waals surface area contributed by atoms with Crippen LogP contribution >= 0.6 is 11.6 Å². The van der Waals surface area contributed by atoms with Gasteiger partial charge in [-0.2, -0.15) is 0 Å². The van der Waals surface area contributed by atoms with Crippen molar-refractivity contribution in [3.8, 4) is 11.1 Å². The summed E-state index contributed by atoms with van der Waals surface area (Å²) in [6.07, 6.45) is 1.61. The lowest BCUT2D eigenvalue weighted by Gasteiger charge is -2.07. The van der Waals surface area contributed by atoms with Crippen LogP contribution in [0.5, 0.6) is 0 Å². The molecule has 0 spiro atoms. The Morgan fingerprint density at radius 3 is 2.71 bits per heavy atom. The molecule has 0 saturated heterocycles. The van der Waals surface area contributed by atoms with Gasteiger partial charge in [0.05, 0.1) is 6.61 Å². The lowest BCUT2D eigenvalue weighted by molar-refractivity contribution is 0.0494. The monoisotopic (exact) mass is 435 g/mol. The molecule has 0 unspecified atom stereocenters. The van der Waals surface area contributed by atoms with E-state index in [9.17, 15) is 9.59 Å². The summed E-state index contributed by atoms with van der Waals surface area (Å²) in [5.41, 5.74) is 9.37. The number of aromatic nitrogens is 1. The number of esters is 1. The van der Waals surface area contributed by atoms with Gasteiger partial charge in [0.15, 0.2) is 5.58 Å². The molecule has 0 atom stereocenters. The van der Waals surface area contributed by atoms with E-state index in [1.54, 1.807) is 61.7 Å². The number of hydrogen-bond donors (Lipinski definition) is 2. The van der Waals surface area contributed by atoms with Gasteiger partial charge in [-0.05, 0) is 48.9 Å². The number of anilines is 2. The second-order valence-electron chi connectivity index (χ2n) is 6.68. The average molecular weight is 436 g/mol. The summed E-state index contributed by atoms with van der Waals surface area (Å²) in [7, 11) is 0. The molecule has 2 aromatic carbocycles. The van der Waals surface area contributed by atoms with Crippen molar-refractivity contribution >= 4 is 46.0 Å². The highest BCUT2D eigenvalue weighted by Gasteiger charge is 2.21. The van der Waals surface area contributed by atoms with Crippen LogP contribution in [0.2, 0.25) is 5.02 Å². The van der Waals surface area contributed by atoms with E-state index in [0.717, 1.165) is 5.56 Å². The molecular weight excluding hydrogens is 418 g/mol. The number of carbonyl (C=O) groups excluding carboxylic acids is 2. The van der Waals surface area contributed by atoms with E-state index in [1.807, 2.05) is 6.07 Å². The molecule has 31 heavy (non-hydrogen) atoms. The normalized spacial score (nSPS) is 10.8. The molecule has 2 aromatic heterocycles. The number of benzene rings is 2. The van der Waals surface area contributed by atoms with E-state index in [-0.39, 0.29) is 24.0 Å². The summed E-state index contributed by atoms with van der Waals surface area (Å²) in [4.78, 5) is 29.0. The second kappa shape index (κ2) is 8.49. The number of hydrogen-bond acceptors (Lipinski definition) is 6. The fourth-order valence-corrected chi connectivity index (χ4v) is 3.30. The van der Waals surface area contributed by atoms with Crippen LogP contribution in [0.15, 0.2) is 65.2 Å². The number of fused-ring (bicyclic) bond motifs is 1. The van der Waals surface area contributed by atoms with Crippen LogP contribution < -0.4 is 11.1 Å². The number of nitrogens with two attached hydrogens (primary N) is 1. The number of rotatable bonds is 5. The Labute approximate surface area is 182 Å². The number of nitrogens with zero attached hydrogens (tertiary/aromatic N) is 1. The molecule has 0 radical (unpaired) electrons. The van der Waals surface area contributed by atoms with Crippen LogP contribution in [-0.4, -0.2) is 23.5 Å². The van der Waals surface area contributed by atoms with Crippen molar-refractivity contribution in [3.05, 3.63) is 77.1 Å². The molecule has 0 fully saturated rings. The van der Waals surface area contributed by atoms with Gasteiger partial charge < -0.3 is 20.2 Å². The molecular formula is C23H18ClN3O4. The molecule has 3 N–H and O–H groups in total. The maximum Gasteiger partial charge on any atom is 0.376 e. The topological polar surface area (TPSA) is 107 Å². The third kappa shape index (κ3) is 4.22. The quantitative estimate of drug-likeness (QED) is 0.419. The summed E-state index contributed by atoms with van der Waals surface area (Å²) in [6, 6.07) is 15.7. The SMILES string of the molecule is CCOC(=O)c1oc2cc(-c3cccc(C(=O)Nc4cccc(Cl)c4)c3)cnc2c1N. The molecule has 0 bridgehead atoms. The van der Waals surface area contributed by atoms with Crippen molar-refractivity contribution < 1.29 is 18.7 Å². The van der Waals surface area contributed by atoms with E-state index in [0.29, 0.717) is 32.9 Å². The van der Waals surface area contributed by atoms with Crippen molar-refractivity contribution in [1.29, 1.82) is 0 Å².